The van der Waals surface area contributed by atoms with Gasteiger partial charge in [0.25, 0.3) is 5.91 Å². The van der Waals surface area contributed by atoms with Gasteiger partial charge >= 0.3 is 5.97 Å². The van der Waals surface area contributed by atoms with Crippen molar-refractivity contribution in [2.24, 2.45) is 5.16 Å². The van der Waals surface area contributed by atoms with Gasteiger partial charge in [0, 0.05) is 32.0 Å². The number of amides is 1. The fourth-order valence-electron chi connectivity index (χ4n) is 3.31. The fraction of sp³-hybridized carbons (Fsp3) is 0.458. The Labute approximate surface area is 188 Å². The van der Waals surface area contributed by atoms with Crippen LogP contribution in [-0.2, 0) is 20.8 Å². The number of hydrogen-bond donors (Lipinski definition) is 2. The summed E-state index contributed by atoms with van der Waals surface area (Å²) in [7, 11) is 0. The Morgan fingerprint density at radius 3 is 2.62 bits per heavy atom. The molecule has 8 heteroatoms. The second kappa shape index (κ2) is 12.5. The summed E-state index contributed by atoms with van der Waals surface area (Å²) in [4.78, 5) is 31.8. The summed E-state index contributed by atoms with van der Waals surface area (Å²) in [6.07, 6.45) is 9.49. The number of allylic oxidation sites excluding steroid dienone is 3. The molecule has 0 unspecified atom stereocenters. The first-order valence-electron chi connectivity index (χ1n) is 10.9. The van der Waals surface area contributed by atoms with Crippen molar-refractivity contribution in [3.05, 3.63) is 47.6 Å². The Hall–Kier alpha value is -3.29. The Bertz CT molecular complexity index is 887. The van der Waals surface area contributed by atoms with Crippen molar-refractivity contribution >= 4 is 17.6 Å². The number of cyclic esters (lactones) is 1. The first kappa shape index (κ1) is 25.0. The van der Waals surface area contributed by atoms with E-state index in [2.05, 4.69) is 5.16 Å². The van der Waals surface area contributed by atoms with E-state index in [0.717, 1.165) is 18.9 Å². The molecule has 1 atom stereocenters. The molecule has 1 amide bonds. The number of carbonyl (C=O) groups excluding carboxylic acids is 2. The molecule has 2 rings (SSSR count). The van der Waals surface area contributed by atoms with Gasteiger partial charge in [-0.1, -0.05) is 23.4 Å². The highest BCUT2D eigenvalue weighted by molar-refractivity contribution is 6.00. The number of nitrogens with zero attached hydrogens (tertiary/aromatic N) is 2. The lowest BCUT2D eigenvalue weighted by Gasteiger charge is -2.17. The van der Waals surface area contributed by atoms with Gasteiger partial charge in [-0.2, -0.15) is 0 Å². The molecule has 1 aliphatic rings. The molecule has 8 nitrogen and oxygen atoms in total. The van der Waals surface area contributed by atoms with Gasteiger partial charge < -0.3 is 24.7 Å². The monoisotopic (exact) mass is 444 g/mol. The number of phenols is 2. The summed E-state index contributed by atoms with van der Waals surface area (Å²) in [5, 5.41) is 24.4. The third-order valence-corrected chi connectivity index (χ3v) is 5.00. The van der Waals surface area contributed by atoms with Crippen LogP contribution in [-0.4, -0.2) is 58.5 Å². The SMILES string of the molecule is CCN(CC)C(=O)CO/N=C1/C=C/CC/C=C/C[C@@H](C)OC(=O)c2c(O)cc(O)cc2C1. The van der Waals surface area contributed by atoms with Gasteiger partial charge in [0.1, 0.15) is 23.2 Å². The Morgan fingerprint density at radius 1 is 1.19 bits per heavy atom. The molecule has 174 valence electrons. The van der Waals surface area contributed by atoms with Gasteiger partial charge in [0.2, 0.25) is 0 Å². The molecule has 0 fully saturated rings. The van der Waals surface area contributed by atoms with E-state index in [1.807, 2.05) is 32.1 Å². The summed E-state index contributed by atoms with van der Waals surface area (Å²) in [6, 6.07) is 2.48. The second-order valence-electron chi connectivity index (χ2n) is 7.50. The minimum Gasteiger partial charge on any atom is -0.508 e. The Morgan fingerprint density at radius 2 is 1.91 bits per heavy atom. The number of likely N-dealkylation sites (N-methyl/N-ethyl adjacent to an activating group) is 1. The highest BCUT2D eigenvalue weighted by Gasteiger charge is 2.22. The summed E-state index contributed by atoms with van der Waals surface area (Å²) >= 11 is 0. The van der Waals surface area contributed by atoms with Crippen molar-refractivity contribution in [1.29, 1.82) is 0 Å². The van der Waals surface area contributed by atoms with Gasteiger partial charge in [-0.15, -0.1) is 0 Å². The Balaban J connectivity index is 2.34. The van der Waals surface area contributed by atoms with Gasteiger partial charge in [0.15, 0.2) is 6.61 Å². The number of esters is 1. The third kappa shape index (κ3) is 7.44. The largest absolute Gasteiger partial charge is 0.508 e. The van der Waals surface area contributed by atoms with Crippen LogP contribution in [0.2, 0.25) is 0 Å². The number of oxime groups is 1. The number of hydrogen-bond acceptors (Lipinski definition) is 7. The lowest BCUT2D eigenvalue weighted by atomic mass is 9.99. The summed E-state index contributed by atoms with van der Waals surface area (Å²) in [6.45, 7) is 6.50. The average Bonchev–Trinajstić information content (AvgIpc) is 2.72. The van der Waals surface area contributed by atoms with Crippen molar-refractivity contribution in [3.63, 3.8) is 0 Å². The van der Waals surface area contributed by atoms with E-state index in [1.165, 1.54) is 6.07 Å². The molecule has 1 heterocycles. The number of fused-ring (bicyclic) bond motifs is 1. The molecule has 1 aromatic carbocycles. The van der Waals surface area contributed by atoms with Crippen molar-refractivity contribution in [3.8, 4) is 11.5 Å². The maximum absolute atomic E-state index is 12.7. The summed E-state index contributed by atoms with van der Waals surface area (Å²) < 4.78 is 5.47. The van der Waals surface area contributed by atoms with Crippen LogP contribution in [0.1, 0.15) is 56.0 Å². The van der Waals surface area contributed by atoms with Crippen LogP contribution in [0.25, 0.3) is 0 Å². The molecule has 1 aliphatic heterocycles. The summed E-state index contributed by atoms with van der Waals surface area (Å²) in [5.74, 6) is -1.42. The predicted molar refractivity (Wildman–Crippen MR) is 122 cm³/mol. The first-order chi connectivity index (χ1) is 15.3. The fourth-order valence-corrected chi connectivity index (χ4v) is 3.31. The molecule has 2 N–H and O–H groups in total. The highest BCUT2D eigenvalue weighted by atomic mass is 16.6. The van der Waals surface area contributed by atoms with E-state index in [1.54, 1.807) is 17.9 Å². The van der Waals surface area contributed by atoms with E-state index in [-0.39, 0.29) is 42.1 Å². The molecule has 0 radical (unpaired) electrons. The number of rotatable bonds is 5. The summed E-state index contributed by atoms with van der Waals surface area (Å²) in [5.41, 5.74) is 0.746. The van der Waals surface area contributed by atoms with Crippen LogP contribution in [0.5, 0.6) is 11.5 Å². The van der Waals surface area contributed by atoms with Crippen LogP contribution in [0.15, 0.2) is 41.6 Å². The number of phenolic OH excluding ortho intramolecular Hbond substituents is 2. The van der Waals surface area contributed by atoms with Gasteiger partial charge in [-0.05, 0) is 51.3 Å². The molecule has 0 saturated carbocycles. The lowest BCUT2D eigenvalue weighted by molar-refractivity contribution is -0.135. The normalized spacial score (nSPS) is 20.5. The van der Waals surface area contributed by atoms with Crippen LogP contribution < -0.4 is 0 Å². The van der Waals surface area contributed by atoms with Crippen molar-refractivity contribution in [2.45, 2.75) is 52.6 Å². The molecule has 0 aliphatic carbocycles. The molecule has 0 spiro atoms. The van der Waals surface area contributed by atoms with Crippen molar-refractivity contribution in [1.82, 2.24) is 4.90 Å². The van der Waals surface area contributed by atoms with E-state index in [0.29, 0.717) is 30.8 Å². The van der Waals surface area contributed by atoms with Gasteiger partial charge in [0.05, 0.1) is 5.71 Å². The smallest absolute Gasteiger partial charge is 0.342 e. The molecule has 32 heavy (non-hydrogen) atoms. The average molecular weight is 445 g/mol. The zero-order valence-electron chi connectivity index (χ0n) is 18.9. The van der Waals surface area contributed by atoms with Crippen molar-refractivity contribution < 1.29 is 29.4 Å². The topological polar surface area (TPSA) is 109 Å². The molecule has 0 bridgehead atoms. The minimum absolute atomic E-state index is 0.0315. The predicted octanol–water partition coefficient (Wildman–Crippen LogP) is 3.72. The highest BCUT2D eigenvalue weighted by Crippen LogP contribution is 2.29. The Kier molecular flexibility index (Phi) is 9.78. The molecule has 0 saturated heterocycles. The number of aromatic hydroxyl groups is 2. The van der Waals surface area contributed by atoms with Gasteiger partial charge in [-0.3, -0.25) is 4.79 Å². The van der Waals surface area contributed by atoms with E-state index < -0.39 is 5.97 Å². The van der Waals surface area contributed by atoms with E-state index >= 15 is 0 Å². The maximum atomic E-state index is 12.7. The molecular weight excluding hydrogens is 412 g/mol. The third-order valence-electron chi connectivity index (χ3n) is 5.00. The minimum atomic E-state index is -0.684. The molecule has 0 aromatic heterocycles. The van der Waals surface area contributed by atoms with Gasteiger partial charge in [-0.25, -0.2) is 4.79 Å². The second-order valence-corrected chi connectivity index (χ2v) is 7.50. The van der Waals surface area contributed by atoms with Crippen LogP contribution in [0.3, 0.4) is 0 Å². The van der Waals surface area contributed by atoms with Crippen molar-refractivity contribution in [2.75, 3.05) is 19.7 Å². The zero-order valence-corrected chi connectivity index (χ0v) is 18.9. The maximum Gasteiger partial charge on any atom is 0.342 e. The lowest BCUT2D eigenvalue weighted by Crippen LogP contribution is -2.33. The quantitative estimate of drug-likeness (QED) is 0.407. The molecular formula is C24H32N2O6. The standard InChI is InChI=1S/C24H32N2O6/c1-4-26(5-2)22(29)16-31-25-19-12-10-8-6-7-9-11-17(3)32-24(30)23-18(13-19)14-20(27)15-21(23)28/h7,9-10,12,14-15,17,27-28H,4-6,8,11,13,16H2,1-3H3/b9-7+,12-10+,25-19-/t17-/m1/s1. The van der Waals surface area contributed by atoms with Crippen LogP contribution in [0, 0.1) is 0 Å². The zero-order chi connectivity index (χ0) is 23.5. The first-order valence-corrected chi connectivity index (χ1v) is 10.9. The van der Waals surface area contributed by atoms with Crippen LogP contribution >= 0.6 is 0 Å². The number of benzene rings is 1. The number of ether oxygens (including phenoxy) is 1. The molecule has 1 aromatic rings. The van der Waals surface area contributed by atoms with E-state index in [4.69, 9.17) is 9.57 Å². The van der Waals surface area contributed by atoms with E-state index in [9.17, 15) is 19.8 Å². The number of carbonyl (C=O) groups is 2. The van der Waals surface area contributed by atoms with Crippen LogP contribution in [0.4, 0.5) is 0 Å².